The maximum atomic E-state index is 12.7. The van der Waals surface area contributed by atoms with Gasteiger partial charge in [-0.05, 0) is 37.6 Å². The third-order valence-corrected chi connectivity index (χ3v) is 4.18. The molecule has 0 aromatic heterocycles. The van der Waals surface area contributed by atoms with Crippen LogP contribution in [-0.4, -0.2) is 60.2 Å². The lowest BCUT2D eigenvalue weighted by Crippen LogP contribution is -2.57. The van der Waals surface area contributed by atoms with Gasteiger partial charge in [-0.3, -0.25) is 9.69 Å². The minimum Gasteiger partial charge on any atom is -0.497 e. The SMILES string of the molecule is C=CCN(C)CC1(O)CCCN(Cc2cccc(OC)c2)C1=O. The number of methoxy groups -OCH3 is 1. The van der Waals surface area contributed by atoms with Crippen LogP contribution in [0, 0.1) is 0 Å². The Balaban J connectivity index is 2.07. The number of likely N-dealkylation sites (N-methyl/N-ethyl adjacent to an activating group) is 1. The summed E-state index contributed by atoms with van der Waals surface area (Å²) in [6, 6.07) is 7.67. The van der Waals surface area contributed by atoms with Crippen LogP contribution in [0.25, 0.3) is 0 Å². The van der Waals surface area contributed by atoms with Crippen LogP contribution in [0.4, 0.5) is 0 Å². The highest BCUT2D eigenvalue weighted by Gasteiger charge is 2.42. The molecule has 5 nitrogen and oxygen atoms in total. The molecule has 1 N–H and O–H groups in total. The largest absolute Gasteiger partial charge is 0.497 e. The van der Waals surface area contributed by atoms with E-state index >= 15 is 0 Å². The molecule has 1 unspecified atom stereocenters. The fourth-order valence-corrected chi connectivity index (χ4v) is 3.09. The summed E-state index contributed by atoms with van der Waals surface area (Å²) in [5.74, 6) is 0.579. The summed E-state index contributed by atoms with van der Waals surface area (Å²) in [6.07, 6.45) is 3.07. The lowest BCUT2D eigenvalue weighted by Gasteiger charge is -2.40. The summed E-state index contributed by atoms with van der Waals surface area (Å²) >= 11 is 0. The first-order chi connectivity index (χ1) is 11.0. The minimum absolute atomic E-state index is 0.192. The highest BCUT2D eigenvalue weighted by Crippen LogP contribution is 2.25. The topological polar surface area (TPSA) is 53.0 Å². The summed E-state index contributed by atoms with van der Waals surface area (Å²) in [5, 5.41) is 10.8. The van der Waals surface area contributed by atoms with E-state index in [1.165, 1.54) is 0 Å². The summed E-state index contributed by atoms with van der Waals surface area (Å²) in [7, 11) is 3.51. The van der Waals surface area contributed by atoms with Crippen molar-refractivity contribution in [2.24, 2.45) is 0 Å². The van der Waals surface area contributed by atoms with Gasteiger partial charge in [0.05, 0.1) is 7.11 Å². The molecule has 1 aliphatic rings. The second kappa shape index (κ2) is 7.62. The Morgan fingerprint density at radius 1 is 1.52 bits per heavy atom. The van der Waals surface area contributed by atoms with E-state index in [1.54, 1.807) is 18.1 Å². The van der Waals surface area contributed by atoms with Crippen LogP contribution in [0.2, 0.25) is 0 Å². The third kappa shape index (κ3) is 4.33. The number of carbonyl (C=O) groups excluding carboxylic acids is 1. The molecule has 5 heteroatoms. The fourth-order valence-electron chi connectivity index (χ4n) is 3.09. The van der Waals surface area contributed by atoms with Crippen molar-refractivity contribution in [2.45, 2.75) is 25.0 Å². The number of aliphatic hydroxyl groups is 1. The highest BCUT2D eigenvalue weighted by molar-refractivity contribution is 5.86. The van der Waals surface area contributed by atoms with Crippen LogP contribution < -0.4 is 4.74 Å². The molecule has 0 spiro atoms. The van der Waals surface area contributed by atoms with Gasteiger partial charge < -0.3 is 14.7 Å². The number of piperidine rings is 1. The number of nitrogens with zero attached hydrogens (tertiary/aromatic N) is 2. The lowest BCUT2D eigenvalue weighted by molar-refractivity contribution is -0.159. The Morgan fingerprint density at radius 2 is 2.30 bits per heavy atom. The minimum atomic E-state index is -1.31. The molecule has 1 atom stereocenters. The Bertz CT molecular complexity index is 561. The fraction of sp³-hybridized carbons (Fsp3) is 0.500. The van der Waals surface area contributed by atoms with Gasteiger partial charge in [0.2, 0.25) is 0 Å². The predicted octanol–water partition coefficient (Wildman–Crippen LogP) is 1.67. The molecule has 1 saturated heterocycles. The normalized spacial score (nSPS) is 21.6. The van der Waals surface area contributed by atoms with Crippen molar-refractivity contribution >= 4 is 5.91 Å². The molecule has 0 aliphatic carbocycles. The van der Waals surface area contributed by atoms with Gasteiger partial charge in [0.25, 0.3) is 5.91 Å². The monoisotopic (exact) mass is 318 g/mol. The molecular weight excluding hydrogens is 292 g/mol. The number of likely N-dealkylation sites (tertiary alicyclic amines) is 1. The lowest BCUT2D eigenvalue weighted by atomic mass is 9.91. The Labute approximate surface area is 138 Å². The van der Waals surface area contributed by atoms with E-state index in [1.807, 2.05) is 36.2 Å². The van der Waals surface area contributed by atoms with Gasteiger partial charge >= 0.3 is 0 Å². The molecule has 2 rings (SSSR count). The van der Waals surface area contributed by atoms with E-state index < -0.39 is 5.60 Å². The zero-order valence-corrected chi connectivity index (χ0v) is 14.0. The van der Waals surface area contributed by atoms with Crippen molar-refractivity contribution in [3.63, 3.8) is 0 Å². The molecule has 0 saturated carbocycles. The molecule has 0 bridgehead atoms. The molecule has 1 aromatic rings. The van der Waals surface area contributed by atoms with Crippen molar-refractivity contribution < 1.29 is 14.6 Å². The van der Waals surface area contributed by atoms with Crippen LogP contribution in [0.1, 0.15) is 18.4 Å². The van der Waals surface area contributed by atoms with E-state index in [0.29, 0.717) is 32.6 Å². The molecule has 1 heterocycles. The van der Waals surface area contributed by atoms with E-state index in [9.17, 15) is 9.90 Å². The summed E-state index contributed by atoms with van der Waals surface area (Å²) < 4.78 is 5.22. The first-order valence-corrected chi connectivity index (χ1v) is 7.92. The average Bonchev–Trinajstić information content (AvgIpc) is 2.52. The van der Waals surface area contributed by atoms with E-state index in [0.717, 1.165) is 17.7 Å². The number of amides is 1. The van der Waals surface area contributed by atoms with Crippen molar-refractivity contribution in [3.8, 4) is 5.75 Å². The number of rotatable bonds is 7. The van der Waals surface area contributed by atoms with Gasteiger partial charge in [0, 0.05) is 26.2 Å². The number of hydrogen-bond acceptors (Lipinski definition) is 4. The van der Waals surface area contributed by atoms with Crippen molar-refractivity contribution in [3.05, 3.63) is 42.5 Å². The van der Waals surface area contributed by atoms with Crippen molar-refractivity contribution in [2.75, 3.05) is 33.8 Å². The van der Waals surface area contributed by atoms with Crippen LogP contribution >= 0.6 is 0 Å². The smallest absolute Gasteiger partial charge is 0.256 e. The maximum Gasteiger partial charge on any atom is 0.256 e. The molecule has 1 amide bonds. The number of benzene rings is 1. The van der Waals surface area contributed by atoms with E-state index in [4.69, 9.17) is 4.74 Å². The van der Waals surface area contributed by atoms with Gasteiger partial charge in [-0.25, -0.2) is 0 Å². The average molecular weight is 318 g/mol. The summed E-state index contributed by atoms with van der Waals surface area (Å²) in [6.45, 7) is 5.82. The van der Waals surface area contributed by atoms with Gasteiger partial charge in [0.1, 0.15) is 5.75 Å². The molecular formula is C18H26N2O3. The standard InChI is InChI=1S/C18H26N2O3/c1-4-10-19(2)14-18(22)9-6-11-20(17(18)21)13-15-7-5-8-16(12-15)23-3/h4-5,7-8,12,22H,1,6,9-11,13-14H2,2-3H3. The molecule has 23 heavy (non-hydrogen) atoms. The van der Waals surface area contributed by atoms with Crippen LogP contribution in [0.15, 0.2) is 36.9 Å². The zero-order chi connectivity index (χ0) is 16.9. The first-order valence-electron chi connectivity index (χ1n) is 7.92. The van der Waals surface area contributed by atoms with E-state index in [-0.39, 0.29) is 5.91 Å². The third-order valence-electron chi connectivity index (χ3n) is 4.18. The van der Waals surface area contributed by atoms with Crippen LogP contribution in [0.5, 0.6) is 5.75 Å². The molecule has 126 valence electrons. The molecule has 0 radical (unpaired) electrons. The first kappa shape index (κ1) is 17.5. The summed E-state index contributed by atoms with van der Waals surface area (Å²) in [5.41, 5.74) is -0.309. The molecule has 1 aliphatic heterocycles. The molecule has 1 fully saturated rings. The number of carbonyl (C=O) groups is 1. The van der Waals surface area contributed by atoms with Crippen LogP contribution in [0.3, 0.4) is 0 Å². The van der Waals surface area contributed by atoms with Crippen molar-refractivity contribution in [1.82, 2.24) is 9.80 Å². The Hall–Kier alpha value is -1.85. The predicted molar refractivity (Wildman–Crippen MR) is 90.3 cm³/mol. The van der Waals surface area contributed by atoms with Crippen LogP contribution in [-0.2, 0) is 11.3 Å². The quantitative estimate of drug-likeness (QED) is 0.777. The zero-order valence-electron chi connectivity index (χ0n) is 14.0. The maximum absolute atomic E-state index is 12.7. The highest BCUT2D eigenvalue weighted by atomic mass is 16.5. The molecule has 1 aromatic carbocycles. The van der Waals surface area contributed by atoms with Gasteiger partial charge in [-0.1, -0.05) is 18.2 Å². The van der Waals surface area contributed by atoms with Gasteiger partial charge in [0.15, 0.2) is 5.60 Å². The number of hydrogen-bond donors (Lipinski definition) is 1. The van der Waals surface area contributed by atoms with Crippen molar-refractivity contribution in [1.29, 1.82) is 0 Å². The summed E-state index contributed by atoms with van der Waals surface area (Å²) in [4.78, 5) is 16.4. The Morgan fingerprint density at radius 3 is 3.00 bits per heavy atom. The van der Waals surface area contributed by atoms with E-state index in [2.05, 4.69) is 6.58 Å². The number of ether oxygens (including phenoxy) is 1. The van der Waals surface area contributed by atoms with Gasteiger partial charge in [-0.2, -0.15) is 0 Å². The second-order valence-electron chi connectivity index (χ2n) is 6.20. The Kier molecular flexibility index (Phi) is 5.80. The van der Waals surface area contributed by atoms with Gasteiger partial charge in [-0.15, -0.1) is 6.58 Å². The second-order valence-corrected chi connectivity index (χ2v) is 6.20.